The molecule has 0 atom stereocenters. The zero-order valence-corrected chi connectivity index (χ0v) is 12.1. The predicted molar refractivity (Wildman–Crippen MR) is 74.6 cm³/mol. The van der Waals surface area contributed by atoms with Crippen LogP contribution in [0.25, 0.3) is 0 Å². The lowest BCUT2D eigenvalue weighted by atomic mass is 10.0. The lowest BCUT2D eigenvalue weighted by Gasteiger charge is -2.35. The number of rotatable bonds is 6. The maximum atomic E-state index is 4.00. The quantitative estimate of drug-likeness (QED) is 0.560. The lowest BCUT2D eigenvalue weighted by Crippen LogP contribution is -2.26. The Kier molecular flexibility index (Phi) is 5.19. The molecule has 15 heavy (non-hydrogen) atoms. The van der Waals surface area contributed by atoms with Crippen molar-refractivity contribution in [3.8, 4) is 0 Å². The van der Waals surface area contributed by atoms with Crippen molar-refractivity contribution in [2.24, 2.45) is 0 Å². The monoisotopic (exact) mass is 226 g/mol. The van der Waals surface area contributed by atoms with Crippen molar-refractivity contribution in [3.05, 3.63) is 24.3 Å². The minimum Gasteiger partial charge on any atom is -0.149 e. The fraction of sp³-hybridized carbons (Fsp3) is 0.714. The van der Waals surface area contributed by atoms with Gasteiger partial charge in [0.15, 0.2) is 0 Å². The second-order valence-electron chi connectivity index (χ2n) is 5.89. The van der Waals surface area contributed by atoms with E-state index < -0.39 is 0 Å². The highest BCUT2D eigenvalue weighted by Crippen LogP contribution is 2.42. The van der Waals surface area contributed by atoms with Gasteiger partial charge < -0.3 is 0 Å². The van der Waals surface area contributed by atoms with Gasteiger partial charge in [-0.1, -0.05) is 38.8 Å². The second kappa shape index (κ2) is 5.25. The standard InChI is InChI=1S/C14H26S/c1-11(2)9-13(5,6)15-14(7,8)10-12(3)4/h1,3,9-10H2,2,4-8H3. The van der Waals surface area contributed by atoms with Crippen molar-refractivity contribution in [1.82, 2.24) is 0 Å². The Morgan fingerprint density at radius 2 is 1.13 bits per heavy atom. The van der Waals surface area contributed by atoms with Gasteiger partial charge in [0.2, 0.25) is 0 Å². The summed E-state index contributed by atoms with van der Waals surface area (Å²) in [6.07, 6.45) is 2.16. The first-order chi connectivity index (χ1) is 6.54. The molecule has 0 aromatic heterocycles. The van der Waals surface area contributed by atoms with Crippen LogP contribution < -0.4 is 0 Å². The molecule has 0 bridgehead atoms. The number of allylic oxidation sites excluding steroid dienone is 2. The normalized spacial score (nSPS) is 12.7. The topological polar surface area (TPSA) is 0 Å². The highest BCUT2D eigenvalue weighted by Gasteiger charge is 2.29. The molecular weight excluding hydrogens is 200 g/mol. The summed E-state index contributed by atoms with van der Waals surface area (Å²) in [6.45, 7) is 21.4. The van der Waals surface area contributed by atoms with Gasteiger partial charge in [0.1, 0.15) is 0 Å². The van der Waals surface area contributed by atoms with Crippen molar-refractivity contribution in [1.29, 1.82) is 0 Å². The summed E-state index contributed by atoms with van der Waals surface area (Å²) in [4.78, 5) is 0. The van der Waals surface area contributed by atoms with Gasteiger partial charge >= 0.3 is 0 Å². The van der Waals surface area contributed by atoms with E-state index in [1.165, 1.54) is 11.1 Å². The summed E-state index contributed by atoms with van der Waals surface area (Å²) in [6, 6.07) is 0. The zero-order valence-electron chi connectivity index (χ0n) is 11.2. The fourth-order valence-corrected chi connectivity index (χ4v) is 4.41. The minimum atomic E-state index is 0.269. The molecule has 0 unspecified atom stereocenters. The molecule has 0 saturated heterocycles. The van der Waals surface area contributed by atoms with E-state index in [-0.39, 0.29) is 9.49 Å². The summed E-state index contributed by atoms with van der Waals surface area (Å²) in [7, 11) is 0. The Labute approximate surface area is 100 Å². The van der Waals surface area contributed by atoms with E-state index in [0.29, 0.717) is 0 Å². The molecule has 1 heteroatoms. The summed E-state index contributed by atoms with van der Waals surface area (Å²) < 4.78 is 0.537. The Morgan fingerprint density at radius 3 is 1.33 bits per heavy atom. The van der Waals surface area contributed by atoms with Crippen molar-refractivity contribution >= 4 is 11.8 Å². The number of hydrogen-bond donors (Lipinski definition) is 0. The van der Waals surface area contributed by atoms with Crippen LogP contribution in [0, 0.1) is 0 Å². The molecule has 88 valence electrons. The molecule has 0 rings (SSSR count). The molecule has 0 spiro atoms. The largest absolute Gasteiger partial charge is 0.149 e. The molecule has 0 aromatic rings. The summed E-state index contributed by atoms with van der Waals surface area (Å²) >= 11 is 2.04. The van der Waals surface area contributed by atoms with Crippen LogP contribution in [0.3, 0.4) is 0 Å². The van der Waals surface area contributed by atoms with Gasteiger partial charge in [-0.3, -0.25) is 0 Å². The second-order valence-corrected chi connectivity index (χ2v) is 8.30. The van der Waals surface area contributed by atoms with E-state index in [9.17, 15) is 0 Å². The van der Waals surface area contributed by atoms with Crippen LogP contribution in [0.2, 0.25) is 0 Å². The third-order valence-electron chi connectivity index (χ3n) is 2.01. The Morgan fingerprint density at radius 1 is 0.867 bits per heavy atom. The molecule has 0 nitrogen and oxygen atoms in total. The van der Waals surface area contributed by atoms with Crippen LogP contribution in [0.5, 0.6) is 0 Å². The molecule has 0 saturated carbocycles. The molecule has 0 aromatic carbocycles. The molecule has 0 amide bonds. The third-order valence-corrected chi connectivity index (χ3v) is 3.40. The van der Waals surface area contributed by atoms with Gasteiger partial charge in [-0.15, -0.1) is 24.9 Å². The molecular formula is C14H26S. The zero-order chi connectivity index (χ0) is 12.3. The van der Waals surface area contributed by atoms with Gasteiger partial charge in [-0.25, -0.2) is 0 Å². The molecule has 0 N–H and O–H groups in total. The molecule has 0 heterocycles. The van der Waals surface area contributed by atoms with Crippen LogP contribution >= 0.6 is 11.8 Å². The van der Waals surface area contributed by atoms with Crippen LogP contribution in [-0.4, -0.2) is 9.49 Å². The van der Waals surface area contributed by atoms with Crippen molar-refractivity contribution in [2.45, 2.75) is 63.9 Å². The first-order valence-electron chi connectivity index (χ1n) is 5.53. The average Bonchev–Trinajstić information content (AvgIpc) is 1.73. The molecule has 0 aliphatic rings. The van der Waals surface area contributed by atoms with Crippen LogP contribution in [0.1, 0.15) is 54.4 Å². The first kappa shape index (κ1) is 14.8. The molecule has 0 radical (unpaired) electrons. The first-order valence-corrected chi connectivity index (χ1v) is 6.35. The highest BCUT2D eigenvalue weighted by atomic mass is 32.2. The Hall–Kier alpha value is -0.170. The molecule has 0 aliphatic carbocycles. The maximum Gasteiger partial charge on any atom is 0.0146 e. The van der Waals surface area contributed by atoms with Crippen LogP contribution in [0.15, 0.2) is 24.3 Å². The number of thioether (sulfide) groups is 1. The van der Waals surface area contributed by atoms with Gasteiger partial charge in [-0.2, -0.15) is 0 Å². The van der Waals surface area contributed by atoms with Crippen LogP contribution in [0.4, 0.5) is 0 Å². The smallest absolute Gasteiger partial charge is 0.0146 e. The van der Waals surface area contributed by atoms with Gasteiger partial charge in [0, 0.05) is 9.49 Å². The third kappa shape index (κ3) is 7.72. The van der Waals surface area contributed by atoms with E-state index in [4.69, 9.17) is 0 Å². The number of hydrogen-bond acceptors (Lipinski definition) is 1. The highest BCUT2D eigenvalue weighted by molar-refractivity contribution is 8.01. The summed E-state index contributed by atoms with van der Waals surface area (Å²) in [5, 5.41) is 0. The minimum absolute atomic E-state index is 0.269. The Balaban J connectivity index is 4.42. The Bertz CT molecular complexity index is 220. The maximum absolute atomic E-state index is 4.00. The van der Waals surface area contributed by atoms with E-state index in [2.05, 4.69) is 54.7 Å². The molecule has 0 fully saturated rings. The van der Waals surface area contributed by atoms with Crippen molar-refractivity contribution in [2.75, 3.05) is 0 Å². The molecule has 0 aliphatic heterocycles. The van der Waals surface area contributed by atoms with Crippen molar-refractivity contribution < 1.29 is 0 Å². The van der Waals surface area contributed by atoms with E-state index in [1.807, 2.05) is 11.8 Å². The van der Waals surface area contributed by atoms with E-state index in [0.717, 1.165) is 12.8 Å². The van der Waals surface area contributed by atoms with Crippen LogP contribution in [-0.2, 0) is 0 Å². The fourth-order valence-electron chi connectivity index (χ4n) is 2.27. The average molecular weight is 226 g/mol. The van der Waals surface area contributed by atoms with E-state index in [1.54, 1.807) is 0 Å². The SMILES string of the molecule is C=C(C)CC(C)(C)SC(C)(C)CC(=C)C. The van der Waals surface area contributed by atoms with Gasteiger partial charge in [-0.05, 0) is 26.7 Å². The van der Waals surface area contributed by atoms with Gasteiger partial charge in [0.25, 0.3) is 0 Å². The van der Waals surface area contributed by atoms with Gasteiger partial charge in [0.05, 0.1) is 0 Å². The summed E-state index contributed by atoms with van der Waals surface area (Å²) in [5.74, 6) is 0. The van der Waals surface area contributed by atoms with Crippen molar-refractivity contribution in [3.63, 3.8) is 0 Å². The summed E-state index contributed by atoms with van der Waals surface area (Å²) in [5.41, 5.74) is 2.53. The lowest BCUT2D eigenvalue weighted by molar-refractivity contribution is 0.649. The predicted octanol–water partition coefficient (Wildman–Crippen LogP) is 5.21. The van der Waals surface area contributed by atoms with E-state index >= 15 is 0 Å².